The van der Waals surface area contributed by atoms with Crippen LogP contribution < -0.4 is 5.32 Å². The molecule has 1 spiro atoms. The van der Waals surface area contributed by atoms with E-state index in [0.717, 1.165) is 36.3 Å². The molecule has 4 heteroatoms. The molecule has 1 aromatic carbocycles. The van der Waals surface area contributed by atoms with E-state index in [0.29, 0.717) is 5.02 Å². The van der Waals surface area contributed by atoms with E-state index < -0.39 is 5.41 Å². The normalized spacial score (nSPS) is 36.2. The van der Waals surface area contributed by atoms with E-state index >= 15 is 0 Å². The van der Waals surface area contributed by atoms with E-state index in [1.165, 1.54) is 0 Å². The fraction of sp³-hybridized carbons (Fsp3) is 0.471. The SMILES string of the molecule is CCC1=CCC(C)(C2CC23C(=O)Nc2ccc(Cl)cc23)O1. The van der Waals surface area contributed by atoms with Gasteiger partial charge in [-0.2, -0.15) is 0 Å². The highest BCUT2D eigenvalue weighted by atomic mass is 35.5. The maximum absolute atomic E-state index is 12.6. The maximum atomic E-state index is 12.6. The molecule has 2 aliphatic heterocycles. The first kappa shape index (κ1) is 13.2. The summed E-state index contributed by atoms with van der Waals surface area (Å²) in [6.07, 6.45) is 4.79. The number of ether oxygens (including phenoxy) is 1. The van der Waals surface area contributed by atoms with Crippen molar-refractivity contribution in [3.63, 3.8) is 0 Å². The zero-order chi connectivity index (χ0) is 14.8. The second-order valence-electron chi connectivity index (χ2n) is 6.51. The van der Waals surface area contributed by atoms with Gasteiger partial charge >= 0.3 is 0 Å². The lowest BCUT2D eigenvalue weighted by atomic mass is 9.86. The lowest BCUT2D eigenvalue weighted by Gasteiger charge is -2.27. The molecular formula is C17H18ClNO2. The van der Waals surface area contributed by atoms with Crippen LogP contribution in [0.4, 0.5) is 5.69 Å². The van der Waals surface area contributed by atoms with E-state index in [1.807, 2.05) is 18.2 Å². The van der Waals surface area contributed by atoms with Gasteiger partial charge in [0.05, 0.1) is 11.2 Å². The number of fused-ring (bicyclic) bond motifs is 2. The second kappa shape index (κ2) is 4.04. The number of carbonyl (C=O) groups excluding carboxylic acids is 1. The zero-order valence-corrected chi connectivity index (χ0v) is 13.0. The molecule has 3 unspecified atom stereocenters. The third-order valence-electron chi connectivity index (χ3n) is 5.26. The van der Waals surface area contributed by atoms with Gasteiger partial charge in [0.15, 0.2) is 0 Å². The highest BCUT2D eigenvalue weighted by Crippen LogP contribution is 2.66. The van der Waals surface area contributed by atoms with Crippen molar-refractivity contribution in [3.05, 3.63) is 40.6 Å². The monoisotopic (exact) mass is 303 g/mol. The summed E-state index contributed by atoms with van der Waals surface area (Å²) >= 11 is 6.13. The molecule has 1 saturated carbocycles. The van der Waals surface area contributed by atoms with E-state index in [2.05, 4.69) is 25.2 Å². The second-order valence-corrected chi connectivity index (χ2v) is 6.95. The summed E-state index contributed by atoms with van der Waals surface area (Å²) < 4.78 is 6.15. The van der Waals surface area contributed by atoms with Gasteiger partial charge in [-0.25, -0.2) is 0 Å². The molecule has 4 rings (SSSR count). The molecule has 110 valence electrons. The first-order valence-corrected chi connectivity index (χ1v) is 7.87. The Hall–Kier alpha value is -1.48. The number of carbonyl (C=O) groups is 1. The van der Waals surface area contributed by atoms with Crippen LogP contribution in [0.15, 0.2) is 30.0 Å². The van der Waals surface area contributed by atoms with E-state index in [4.69, 9.17) is 16.3 Å². The number of allylic oxidation sites excluding steroid dienone is 1. The van der Waals surface area contributed by atoms with Crippen molar-refractivity contribution in [2.24, 2.45) is 5.92 Å². The highest BCUT2D eigenvalue weighted by Gasteiger charge is 2.71. The van der Waals surface area contributed by atoms with Crippen LogP contribution in [0, 0.1) is 5.92 Å². The Kier molecular flexibility index (Phi) is 2.54. The Morgan fingerprint density at radius 2 is 2.29 bits per heavy atom. The smallest absolute Gasteiger partial charge is 0.235 e. The molecule has 0 saturated heterocycles. The molecule has 3 aliphatic rings. The van der Waals surface area contributed by atoms with Gasteiger partial charge in [0, 0.05) is 29.5 Å². The Labute approximate surface area is 129 Å². The van der Waals surface area contributed by atoms with Crippen LogP contribution in [0.5, 0.6) is 0 Å². The van der Waals surface area contributed by atoms with Crippen molar-refractivity contribution in [1.29, 1.82) is 0 Å². The minimum absolute atomic E-state index is 0.0968. The van der Waals surface area contributed by atoms with Crippen LogP contribution in [0.2, 0.25) is 5.02 Å². The minimum Gasteiger partial charge on any atom is -0.492 e. The number of hydrogen-bond donors (Lipinski definition) is 1. The predicted molar refractivity (Wildman–Crippen MR) is 82.3 cm³/mol. The molecule has 2 heterocycles. The van der Waals surface area contributed by atoms with E-state index in [1.54, 1.807) is 0 Å². The highest BCUT2D eigenvalue weighted by molar-refractivity contribution is 6.31. The molecule has 21 heavy (non-hydrogen) atoms. The zero-order valence-electron chi connectivity index (χ0n) is 12.2. The maximum Gasteiger partial charge on any atom is 0.235 e. The molecule has 3 nitrogen and oxygen atoms in total. The summed E-state index contributed by atoms with van der Waals surface area (Å²) in [5.74, 6) is 1.36. The lowest BCUT2D eigenvalue weighted by molar-refractivity contribution is -0.119. The fourth-order valence-electron chi connectivity index (χ4n) is 4.03. The van der Waals surface area contributed by atoms with E-state index in [9.17, 15) is 4.79 Å². The van der Waals surface area contributed by atoms with Crippen molar-refractivity contribution in [3.8, 4) is 0 Å². The summed E-state index contributed by atoms with van der Waals surface area (Å²) in [4.78, 5) is 12.6. The summed E-state index contributed by atoms with van der Waals surface area (Å²) in [5, 5.41) is 3.68. The number of anilines is 1. The predicted octanol–water partition coefficient (Wildman–Crippen LogP) is 4.02. The number of amides is 1. The number of halogens is 1. The standard InChI is InChI=1S/C17H18ClNO2/c1-3-11-6-7-16(2,21-11)14-9-17(14)12-8-10(18)4-5-13(12)19-15(17)20/h4-6,8,14H,3,7,9H2,1-2H3,(H,19,20). The quantitative estimate of drug-likeness (QED) is 0.896. The first-order chi connectivity index (χ1) is 9.99. The first-order valence-electron chi connectivity index (χ1n) is 7.49. The average molecular weight is 304 g/mol. The Morgan fingerprint density at radius 3 is 3.00 bits per heavy atom. The Bertz CT molecular complexity index is 683. The van der Waals surface area contributed by atoms with Crippen molar-refractivity contribution >= 4 is 23.2 Å². The molecule has 1 aliphatic carbocycles. The van der Waals surface area contributed by atoms with Crippen LogP contribution in [-0.2, 0) is 14.9 Å². The van der Waals surface area contributed by atoms with Gasteiger partial charge in [-0.05, 0) is 43.2 Å². The van der Waals surface area contributed by atoms with Crippen molar-refractivity contribution < 1.29 is 9.53 Å². The number of rotatable bonds is 2. The third kappa shape index (κ3) is 1.64. The molecule has 1 fully saturated rings. The molecule has 0 bridgehead atoms. The third-order valence-corrected chi connectivity index (χ3v) is 5.50. The van der Waals surface area contributed by atoms with Crippen molar-refractivity contribution in [2.45, 2.75) is 44.1 Å². The molecule has 3 atom stereocenters. The average Bonchev–Trinajstić information content (AvgIpc) is 3.04. The Balaban J connectivity index is 1.70. The van der Waals surface area contributed by atoms with Crippen LogP contribution in [-0.4, -0.2) is 11.5 Å². The summed E-state index contributed by atoms with van der Waals surface area (Å²) in [6.45, 7) is 4.22. The number of nitrogens with one attached hydrogen (secondary N) is 1. The molecule has 1 N–H and O–H groups in total. The van der Waals surface area contributed by atoms with Gasteiger partial charge in [-0.1, -0.05) is 18.5 Å². The minimum atomic E-state index is -0.438. The largest absolute Gasteiger partial charge is 0.492 e. The van der Waals surface area contributed by atoms with Crippen LogP contribution in [0.1, 0.15) is 38.7 Å². The summed E-state index contributed by atoms with van der Waals surface area (Å²) in [7, 11) is 0. The molecular weight excluding hydrogens is 286 g/mol. The molecule has 1 aromatic rings. The van der Waals surface area contributed by atoms with Gasteiger partial charge in [0.1, 0.15) is 5.60 Å². The van der Waals surface area contributed by atoms with Gasteiger partial charge in [0.2, 0.25) is 5.91 Å². The summed E-state index contributed by atoms with van der Waals surface area (Å²) in [6, 6.07) is 5.65. The lowest BCUT2D eigenvalue weighted by Crippen LogP contribution is -2.34. The van der Waals surface area contributed by atoms with Crippen LogP contribution >= 0.6 is 11.6 Å². The topological polar surface area (TPSA) is 38.3 Å². The fourth-order valence-corrected chi connectivity index (χ4v) is 4.20. The Morgan fingerprint density at radius 1 is 1.48 bits per heavy atom. The van der Waals surface area contributed by atoms with Crippen molar-refractivity contribution in [1.82, 2.24) is 0 Å². The molecule has 0 radical (unpaired) electrons. The summed E-state index contributed by atoms with van der Waals surface area (Å²) in [5.41, 5.74) is 1.23. The van der Waals surface area contributed by atoms with Crippen LogP contribution in [0.25, 0.3) is 0 Å². The van der Waals surface area contributed by atoms with Gasteiger partial charge < -0.3 is 10.1 Å². The van der Waals surface area contributed by atoms with Crippen LogP contribution in [0.3, 0.4) is 0 Å². The van der Waals surface area contributed by atoms with E-state index in [-0.39, 0.29) is 17.4 Å². The van der Waals surface area contributed by atoms with Crippen molar-refractivity contribution in [2.75, 3.05) is 5.32 Å². The number of benzene rings is 1. The molecule has 1 amide bonds. The number of hydrogen-bond acceptors (Lipinski definition) is 2. The molecule has 0 aromatic heterocycles. The van der Waals surface area contributed by atoms with Gasteiger partial charge in [0.25, 0.3) is 0 Å². The van der Waals surface area contributed by atoms with Gasteiger partial charge in [-0.3, -0.25) is 4.79 Å². The van der Waals surface area contributed by atoms with Gasteiger partial charge in [-0.15, -0.1) is 0 Å².